The van der Waals surface area contributed by atoms with Gasteiger partial charge in [0, 0.05) is 22.6 Å². The zero-order valence-corrected chi connectivity index (χ0v) is 11.7. The van der Waals surface area contributed by atoms with E-state index < -0.39 is 16.6 Å². The van der Waals surface area contributed by atoms with Gasteiger partial charge in [-0.15, -0.1) is 0 Å². The minimum Gasteiger partial charge on any atom is -0.399 e. The molecule has 0 saturated carbocycles. The fourth-order valence-electron chi connectivity index (χ4n) is 1.47. The second-order valence-electron chi connectivity index (χ2n) is 3.69. The van der Waals surface area contributed by atoms with Crippen LogP contribution in [0, 0.1) is 5.82 Å². The summed E-state index contributed by atoms with van der Waals surface area (Å²) in [4.78, 5) is 4.13. The summed E-state index contributed by atoms with van der Waals surface area (Å²) in [6, 6.07) is 5.97. The molecule has 94 valence electrons. The number of hydrogen-bond acceptors (Lipinski definition) is 3. The first-order chi connectivity index (χ1) is 8.56. The van der Waals surface area contributed by atoms with Crippen LogP contribution in [0.4, 0.5) is 10.1 Å². The summed E-state index contributed by atoms with van der Waals surface area (Å²) in [5.74, 6) is -0.330. The number of anilines is 1. The van der Waals surface area contributed by atoms with Crippen molar-refractivity contribution in [2.45, 2.75) is 10.6 Å². The molecule has 1 aromatic heterocycles. The highest BCUT2D eigenvalue weighted by molar-refractivity contribution is 9.10. The molecule has 0 bridgehead atoms. The number of halogens is 2. The molecule has 0 aliphatic rings. The van der Waals surface area contributed by atoms with E-state index in [-0.39, 0.29) is 10.6 Å². The number of hydrogen-bond donors (Lipinski definition) is 1. The third-order valence-corrected chi connectivity index (χ3v) is 4.11. The summed E-state index contributed by atoms with van der Waals surface area (Å²) in [6.07, 6.45) is 3.24. The third kappa shape index (κ3) is 3.14. The van der Waals surface area contributed by atoms with E-state index in [2.05, 4.69) is 20.9 Å². The smallest absolute Gasteiger partial charge is 0.141 e. The Labute approximate surface area is 115 Å². The van der Waals surface area contributed by atoms with Gasteiger partial charge in [-0.3, -0.25) is 9.19 Å². The van der Waals surface area contributed by atoms with Crippen LogP contribution < -0.4 is 5.73 Å². The maximum Gasteiger partial charge on any atom is 0.141 e. The van der Waals surface area contributed by atoms with Crippen LogP contribution >= 0.6 is 15.9 Å². The van der Waals surface area contributed by atoms with Crippen LogP contribution in [-0.2, 0) is 16.6 Å². The van der Waals surface area contributed by atoms with Crippen LogP contribution in [0.5, 0.6) is 0 Å². The molecule has 2 N–H and O–H groups in total. The number of nitrogen functional groups attached to an aromatic ring is 1. The molecular formula is C12H10BrFN2OS. The van der Waals surface area contributed by atoms with E-state index in [0.29, 0.717) is 5.69 Å². The fraction of sp³-hybridized carbons (Fsp3) is 0.0833. The monoisotopic (exact) mass is 328 g/mol. The Kier molecular flexibility index (Phi) is 4.08. The first kappa shape index (κ1) is 13.2. The van der Waals surface area contributed by atoms with Gasteiger partial charge in [0.25, 0.3) is 0 Å². The molecular weight excluding hydrogens is 319 g/mol. The van der Waals surface area contributed by atoms with Gasteiger partial charge >= 0.3 is 0 Å². The molecule has 0 amide bonds. The second-order valence-corrected chi connectivity index (χ2v) is 6.03. The SMILES string of the molecule is Nc1ccc(S(=O)Cc2cncc(Br)c2)c(F)c1. The van der Waals surface area contributed by atoms with Gasteiger partial charge in [0.05, 0.1) is 21.4 Å². The molecule has 0 aliphatic carbocycles. The Hall–Kier alpha value is -1.27. The molecule has 0 saturated heterocycles. The van der Waals surface area contributed by atoms with Crippen molar-refractivity contribution in [2.24, 2.45) is 0 Å². The maximum atomic E-state index is 13.6. The Balaban J connectivity index is 2.22. The Bertz CT molecular complexity index is 606. The molecule has 0 aliphatic heterocycles. The number of benzene rings is 1. The minimum atomic E-state index is -1.45. The predicted molar refractivity (Wildman–Crippen MR) is 72.9 cm³/mol. The number of pyridine rings is 1. The van der Waals surface area contributed by atoms with Crippen LogP contribution in [-0.4, -0.2) is 9.19 Å². The molecule has 1 aromatic carbocycles. The molecule has 2 rings (SSSR count). The lowest BCUT2D eigenvalue weighted by molar-refractivity contribution is 0.596. The lowest BCUT2D eigenvalue weighted by atomic mass is 10.3. The number of nitrogens with two attached hydrogens (primary N) is 1. The molecule has 1 atom stereocenters. The largest absolute Gasteiger partial charge is 0.399 e. The average molecular weight is 329 g/mol. The standard InChI is InChI=1S/C12H10BrFN2OS/c13-9-3-8(5-16-6-9)7-18(17)12-2-1-10(15)4-11(12)14/h1-6H,7,15H2. The van der Waals surface area contributed by atoms with Crippen molar-refractivity contribution in [1.29, 1.82) is 0 Å². The van der Waals surface area contributed by atoms with E-state index in [1.807, 2.05) is 0 Å². The van der Waals surface area contributed by atoms with Crippen molar-refractivity contribution in [3.05, 3.63) is 52.5 Å². The van der Waals surface area contributed by atoms with Crippen molar-refractivity contribution in [2.75, 3.05) is 5.73 Å². The lowest BCUT2D eigenvalue weighted by Gasteiger charge is -2.05. The Morgan fingerprint density at radius 1 is 1.33 bits per heavy atom. The van der Waals surface area contributed by atoms with Crippen molar-refractivity contribution >= 4 is 32.4 Å². The van der Waals surface area contributed by atoms with E-state index >= 15 is 0 Å². The van der Waals surface area contributed by atoms with Crippen LogP contribution in [0.2, 0.25) is 0 Å². The van der Waals surface area contributed by atoms with Gasteiger partial charge < -0.3 is 5.73 Å². The molecule has 0 fully saturated rings. The van der Waals surface area contributed by atoms with Gasteiger partial charge in [0.1, 0.15) is 5.82 Å². The maximum absolute atomic E-state index is 13.6. The normalized spacial score (nSPS) is 12.3. The van der Waals surface area contributed by atoms with Gasteiger partial charge in [0.15, 0.2) is 0 Å². The summed E-state index contributed by atoms with van der Waals surface area (Å²) in [7, 11) is -1.45. The summed E-state index contributed by atoms with van der Waals surface area (Å²) < 4.78 is 26.4. The lowest BCUT2D eigenvalue weighted by Crippen LogP contribution is -2.00. The molecule has 2 aromatic rings. The zero-order valence-electron chi connectivity index (χ0n) is 9.27. The highest BCUT2D eigenvalue weighted by Crippen LogP contribution is 2.19. The van der Waals surface area contributed by atoms with Gasteiger partial charge in [-0.05, 0) is 45.8 Å². The first-order valence-electron chi connectivity index (χ1n) is 5.09. The quantitative estimate of drug-likeness (QED) is 0.881. The van der Waals surface area contributed by atoms with Crippen molar-refractivity contribution in [3.8, 4) is 0 Å². The van der Waals surface area contributed by atoms with Gasteiger partial charge in [0.2, 0.25) is 0 Å². The van der Waals surface area contributed by atoms with E-state index in [1.54, 1.807) is 18.5 Å². The molecule has 0 spiro atoms. The van der Waals surface area contributed by atoms with E-state index in [1.165, 1.54) is 18.2 Å². The minimum absolute atomic E-state index is 0.157. The van der Waals surface area contributed by atoms with Gasteiger partial charge in [-0.25, -0.2) is 4.39 Å². The number of nitrogens with zero attached hydrogens (tertiary/aromatic N) is 1. The highest BCUT2D eigenvalue weighted by atomic mass is 79.9. The van der Waals surface area contributed by atoms with Crippen molar-refractivity contribution in [1.82, 2.24) is 4.98 Å². The van der Waals surface area contributed by atoms with Crippen molar-refractivity contribution in [3.63, 3.8) is 0 Å². The molecule has 6 heteroatoms. The van der Waals surface area contributed by atoms with Crippen LogP contribution in [0.1, 0.15) is 5.56 Å². The second kappa shape index (κ2) is 5.58. The molecule has 3 nitrogen and oxygen atoms in total. The summed E-state index contributed by atoms with van der Waals surface area (Å²) in [5.41, 5.74) is 6.54. The van der Waals surface area contributed by atoms with E-state index in [0.717, 1.165) is 10.0 Å². The first-order valence-corrected chi connectivity index (χ1v) is 7.20. The van der Waals surface area contributed by atoms with Crippen molar-refractivity contribution < 1.29 is 8.60 Å². The summed E-state index contributed by atoms with van der Waals surface area (Å²) in [5, 5.41) is 0. The van der Waals surface area contributed by atoms with Crippen LogP contribution in [0.25, 0.3) is 0 Å². The molecule has 0 radical (unpaired) electrons. The number of rotatable bonds is 3. The zero-order chi connectivity index (χ0) is 13.1. The fourth-order valence-corrected chi connectivity index (χ4v) is 2.99. The summed E-state index contributed by atoms with van der Waals surface area (Å²) in [6.45, 7) is 0. The highest BCUT2D eigenvalue weighted by Gasteiger charge is 2.11. The van der Waals surface area contributed by atoms with E-state index in [9.17, 15) is 8.60 Å². The Morgan fingerprint density at radius 2 is 2.11 bits per heavy atom. The van der Waals surface area contributed by atoms with E-state index in [4.69, 9.17) is 5.73 Å². The number of aromatic nitrogens is 1. The van der Waals surface area contributed by atoms with Crippen LogP contribution in [0.3, 0.4) is 0 Å². The third-order valence-electron chi connectivity index (χ3n) is 2.26. The summed E-state index contributed by atoms with van der Waals surface area (Å²) >= 11 is 3.28. The topological polar surface area (TPSA) is 56.0 Å². The van der Waals surface area contributed by atoms with Gasteiger partial charge in [-0.2, -0.15) is 0 Å². The molecule has 18 heavy (non-hydrogen) atoms. The molecule has 1 heterocycles. The predicted octanol–water partition coefficient (Wildman–Crippen LogP) is 2.87. The van der Waals surface area contributed by atoms with Gasteiger partial charge in [-0.1, -0.05) is 0 Å². The average Bonchev–Trinajstić information content (AvgIpc) is 2.28. The molecule has 1 unspecified atom stereocenters. The van der Waals surface area contributed by atoms with Crippen LogP contribution in [0.15, 0.2) is 46.0 Å². The Morgan fingerprint density at radius 3 is 2.78 bits per heavy atom.